The molecule has 0 radical (unpaired) electrons. The van der Waals surface area contributed by atoms with Gasteiger partial charge in [0.25, 0.3) is 0 Å². The summed E-state index contributed by atoms with van der Waals surface area (Å²) in [6.07, 6.45) is -3.54. The smallest absolute Gasteiger partial charge is 0.298 e. The molecule has 0 unspecified atom stereocenters. The van der Waals surface area contributed by atoms with Crippen molar-refractivity contribution >= 4 is 11.6 Å². The largest absolute Gasteiger partial charge is 0.435 e. The molecule has 0 N–H and O–H groups in total. The molecule has 0 bridgehead atoms. The molecule has 0 spiro atoms. The molecule has 0 aliphatic carbocycles. The van der Waals surface area contributed by atoms with Crippen LogP contribution in [0, 0.1) is 24.4 Å². The van der Waals surface area contributed by atoms with E-state index in [1.54, 1.807) is 12.1 Å². The van der Waals surface area contributed by atoms with Crippen molar-refractivity contribution in [3.05, 3.63) is 106 Å². The number of hydrogen-bond acceptors (Lipinski definition) is 4. The highest BCUT2D eigenvalue weighted by atomic mass is 19.4. The maximum atomic E-state index is 14.2. The lowest BCUT2D eigenvalue weighted by molar-refractivity contribution is -0.141. The first kappa shape index (κ1) is 28.7. The van der Waals surface area contributed by atoms with Crippen LogP contribution in [0.1, 0.15) is 52.3 Å². The summed E-state index contributed by atoms with van der Waals surface area (Å²) < 4.78 is 82.4. The highest BCUT2D eigenvalue weighted by Gasteiger charge is 2.34. The lowest BCUT2D eigenvalue weighted by atomic mass is 9.86. The van der Waals surface area contributed by atoms with Gasteiger partial charge in [-0.1, -0.05) is 12.1 Å². The summed E-state index contributed by atoms with van der Waals surface area (Å²) in [6.45, 7) is 2.14. The summed E-state index contributed by atoms with van der Waals surface area (Å²) in [6, 6.07) is 10.9. The minimum atomic E-state index is -4.68. The Kier molecular flexibility index (Phi) is 8.22. The zero-order valence-corrected chi connectivity index (χ0v) is 21.4. The average Bonchev–Trinajstić information content (AvgIpc) is 3.23. The van der Waals surface area contributed by atoms with Gasteiger partial charge in [-0.2, -0.15) is 18.3 Å². The second kappa shape index (κ2) is 11.4. The topological polar surface area (TPSA) is 64.8 Å². The third kappa shape index (κ3) is 6.64. The predicted octanol–water partition coefficient (Wildman–Crippen LogP) is 6.88. The summed E-state index contributed by atoms with van der Waals surface area (Å²) in [7, 11) is 0. The van der Waals surface area contributed by atoms with E-state index in [4.69, 9.17) is 0 Å². The molecule has 5 nitrogen and oxygen atoms in total. The number of aryl methyl sites for hydroxylation is 1. The van der Waals surface area contributed by atoms with E-state index in [0.29, 0.717) is 22.9 Å². The van der Waals surface area contributed by atoms with Crippen LogP contribution in [0.4, 0.5) is 26.3 Å². The minimum absolute atomic E-state index is 0.0446. The lowest BCUT2D eigenvalue weighted by Gasteiger charge is -2.20. The van der Waals surface area contributed by atoms with Crippen molar-refractivity contribution in [2.75, 3.05) is 0 Å². The van der Waals surface area contributed by atoms with Crippen molar-refractivity contribution in [3.8, 4) is 11.1 Å². The van der Waals surface area contributed by atoms with Crippen LogP contribution in [-0.4, -0.2) is 26.3 Å². The van der Waals surface area contributed by atoms with Gasteiger partial charge in [0.1, 0.15) is 17.5 Å². The Labute approximate surface area is 225 Å². The zero-order valence-electron chi connectivity index (χ0n) is 21.4. The van der Waals surface area contributed by atoms with Gasteiger partial charge in [0.05, 0.1) is 17.8 Å². The Balaban J connectivity index is 1.73. The van der Waals surface area contributed by atoms with E-state index in [1.807, 2.05) is 0 Å². The molecule has 0 saturated carbocycles. The minimum Gasteiger partial charge on any atom is -0.298 e. The molecule has 4 rings (SSSR count). The molecule has 2 aromatic heterocycles. The van der Waals surface area contributed by atoms with Crippen LogP contribution >= 0.6 is 0 Å². The van der Waals surface area contributed by atoms with Gasteiger partial charge in [-0.15, -0.1) is 0 Å². The van der Waals surface area contributed by atoms with Crippen LogP contribution in [0.5, 0.6) is 0 Å². The SMILES string of the molecule is CC(=O)c1cc(-c2cccnc2[C@@H](CC(=O)Cn2nc(C(F)(F)F)cc2C)Cc2cc(F)cc(F)c2)ccc1F. The highest BCUT2D eigenvalue weighted by molar-refractivity contribution is 5.95. The number of aromatic nitrogens is 3. The predicted molar refractivity (Wildman–Crippen MR) is 134 cm³/mol. The fourth-order valence-electron chi connectivity index (χ4n) is 4.54. The molecule has 0 saturated heterocycles. The molecule has 0 amide bonds. The quantitative estimate of drug-likeness (QED) is 0.166. The molecule has 2 aromatic carbocycles. The Morgan fingerprint density at radius 3 is 2.30 bits per heavy atom. The number of benzene rings is 2. The Morgan fingerprint density at radius 1 is 0.975 bits per heavy atom. The van der Waals surface area contributed by atoms with E-state index in [2.05, 4.69) is 10.1 Å². The van der Waals surface area contributed by atoms with Crippen molar-refractivity contribution in [1.82, 2.24) is 14.8 Å². The standard InChI is InChI=1S/C29H23F6N3O2/c1-16-8-27(29(33,34)35)37-38(16)15-23(40)12-20(9-18-10-21(30)14-22(31)11-18)28-24(4-3-7-36-28)19-5-6-26(32)25(13-19)17(2)39/h3-8,10-11,13-14,20H,9,12,15H2,1-2H3/t20-/m1/s1. The van der Waals surface area contributed by atoms with Gasteiger partial charge in [0.2, 0.25) is 0 Å². The van der Waals surface area contributed by atoms with Crippen molar-refractivity contribution in [2.45, 2.75) is 45.3 Å². The monoisotopic (exact) mass is 559 g/mol. The number of alkyl halides is 3. The maximum Gasteiger partial charge on any atom is 0.435 e. The van der Waals surface area contributed by atoms with Gasteiger partial charge in [0.15, 0.2) is 17.3 Å². The van der Waals surface area contributed by atoms with Crippen molar-refractivity contribution in [2.24, 2.45) is 0 Å². The number of halogens is 6. The summed E-state index contributed by atoms with van der Waals surface area (Å²) in [5.74, 6) is -4.14. The Morgan fingerprint density at radius 2 is 1.68 bits per heavy atom. The molecule has 40 heavy (non-hydrogen) atoms. The van der Waals surface area contributed by atoms with Gasteiger partial charge in [-0.25, -0.2) is 13.2 Å². The number of pyridine rings is 1. The molecule has 1 atom stereocenters. The second-order valence-electron chi connectivity index (χ2n) is 9.43. The van der Waals surface area contributed by atoms with E-state index in [-0.39, 0.29) is 29.7 Å². The summed E-state index contributed by atoms with van der Waals surface area (Å²) in [5.41, 5.74) is 0.284. The average molecular weight is 560 g/mol. The first-order valence-corrected chi connectivity index (χ1v) is 12.2. The van der Waals surface area contributed by atoms with Crippen LogP contribution in [0.3, 0.4) is 0 Å². The van der Waals surface area contributed by atoms with Crippen LogP contribution in [-0.2, 0) is 23.9 Å². The summed E-state index contributed by atoms with van der Waals surface area (Å²) in [4.78, 5) is 29.5. The van der Waals surface area contributed by atoms with Crippen molar-refractivity contribution < 1.29 is 35.9 Å². The highest BCUT2D eigenvalue weighted by Crippen LogP contribution is 2.34. The molecule has 208 valence electrons. The Hall–Kier alpha value is -4.28. The van der Waals surface area contributed by atoms with Gasteiger partial charge in [-0.3, -0.25) is 19.3 Å². The first-order chi connectivity index (χ1) is 18.8. The molecule has 4 aromatic rings. The zero-order chi connectivity index (χ0) is 29.2. The van der Waals surface area contributed by atoms with E-state index >= 15 is 0 Å². The van der Waals surface area contributed by atoms with Crippen LogP contribution in [0.2, 0.25) is 0 Å². The number of hydrogen-bond donors (Lipinski definition) is 0. The van der Waals surface area contributed by atoms with E-state index < -0.39 is 53.4 Å². The number of nitrogens with zero attached hydrogens (tertiary/aromatic N) is 3. The normalized spacial score (nSPS) is 12.4. The number of carbonyl (C=O) groups is 2. The lowest BCUT2D eigenvalue weighted by Crippen LogP contribution is -2.19. The fourth-order valence-corrected chi connectivity index (χ4v) is 4.54. The third-order valence-corrected chi connectivity index (χ3v) is 6.36. The number of Topliss-reactive ketones (excluding diaryl/α,β-unsaturated/α-hetero) is 2. The van der Waals surface area contributed by atoms with Gasteiger partial charge in [-0.05, 0) is 67.8 Å². The van der Waals surface area contributed by atoms with E-state index in [9.17, 15) is 35.9 Å². The molecule has 0 aliphatic heterocycles. The van der Waals surface area contributed by atoms with Crippen LogP contribution in [0.25, 0.3) is 11.1 Å². The summed E-state index contributed by atoms with van der Waals surface area (Å²) in [5, 5.41) is 3.50. The van der Waals surface area contributed by atoms with Gasteiger partial charge < -0.3 is 0 Å². The van der Waals surface area contributed by atoms with E-state index in [1.165, 1.54) is 32.2 Å². The molecule has 2 heterocycles. The number of rotatable bonds is 9. The van der Waals surface area contributed by atoms with Crippen molar-refractivity contribution in [3.63, 3.8) is 0 Å². The molecule has 11 heteroatoms. The first-order valence-electron chi connectivity index (χ1n) is 12.2. The molecule has 0 aliphatic rings. The third-order valence-electron chi connectivity index (χ3n) is 6.36. The number of ketones is 2. The maximum absolute atomic E-state index is 14.2. The molecular weight excluding hydrogens is 536 g/mol. The number of carbonyl (C=O) groups excluding carboxylic acids is 2. The molecular formula is C29H23F6N3O2. The van der Waals surface area contributed by atoms with Gasteiger partial charge in [0, 0.05) is 35.9 Å². The van der Waals surface area contributed by atoms with Crippen LogP contribution < -0.4 is 0 Å². The summed E-state index contributed by atoms with van der Waals surface area (Å²) >= 11 is 0. The Bertz CT molecular complexity index is 1560. The second-order valence-corrected chi connectivity index (χ2v) is 9.43. The van der Waals surface area contributed by atoms with E-state index in [0.717, 1.165) is 28.9 Å². The fraction of sp³-hybridized carbons (Fsp3) is 0.241. The molecule has 0 fully saturated rings. The van der Waals surface area contributed by atoms with Crippen molar-refractivity contribution in [1.29, 1.82) is 0 Å². The van der Waals surface area contributed by atoms with Crippen LogP contribution in [0.15, 0.2) is 60.8 Å². The van der Waals surface area contributed by atoms with Gasteiger partial charge >= 0.3 is 6.18 Å².